The van der Waals surface area contributed by atoms with Crippen LogP contribution in [0.2, 0.25) is 10.0 Å². The van der Waals surface area contributed by atoms with Crippen LogP contribution in [0, 0.1) is 5.82 Å². The SMILES string of the molecule is CC(C)(C)OC(=O)N1C2CCC1CC(OCc1c(-c3c(Cl)cc(F)cc3Cl)noc1C1CC1)C2. The molecule has 2 unspecified atom stereocenters. The Bertz CT molecular complexity index is 1060. The lowest BCUT2D eigenvalue weighted by Crippen LogP contribution is -2.50. The van der Waals surface area contributed by atoms with Crippen LogP contribution in [0.1, 0.15) is 76.5 Å². The maximum Gasteiger partial charge on any atom is 0.410 e. The van der Waals surface area contributed by atoms with E-state index >= 15 is 0 Å². The maximum atomic E-state index is 13.7. The Labute approximate surface area is 208 Å². The lowest BCUT2D eigenvalue weighted by atomic mass is 9.99. The van der Waals surface area contributed by atoms with Crippen molar-refractivity contribution in [3.63, 3.8) is 0 Å². The molecule has 2 saturated heterocycles. The predicted molar refractivity (Wildman–Crippen MR) is 127 cm³/mol. The second-order valence-electron chi connectivity index (χ2n) is 10.6. The molecule has 2 aromatic rings. The Morgan fingerprint density at radius 3 is 2.32 bits per heavy atom. The van der Waals surface area contributed by atoms with E-state index in [0.717, 1.165) is 49.8 Å². The summed E-state index contributed by atoms with van der Waals surface area (Å²) in [6.45, 7) is 5.95. The molecule has 0 N–H and O–H groups in total. The molecule has 1 aromatic carbocycles. The van der Waals surface area contributed by atoms with Crippen LogP contribution in [0.3, 0.4) is 0 Å². The Kier molecular flexibility index (Phi) is 6.32. The van der Waals surface area contributed by atoms with Crippen molar-refractivity contribution in [3.8, 4) is 11.3 Å². The zero-order valence-corrected chi connectivity index (χ0v) is 21.1. The third-order valence-corrected chi connectivity index (χ3v) is 7.36. The van der Waals surface area contributed by atoms with E-state index in [0.29, 0.717) is 23.8 Å². The average molecular weight is 511 g/mol. The average Bonchev–Trinajstić information content (AvgIpc) is 3.43. The highest BCUT2D eigenvalue weighted by atomic mass is 35.5. The van der Waals surface area contributed by atoms with E-state index in [-0.39, 0.29) is 34.3 Å². The van der Waals surface area contributed by atoms with Crippen LogP contribution in [-0.2, 0) is 16.1 Å². The molecule has 1 aromatic heterocycles. The van der Waals surface area contributed by atoms with Gasteiger partial charge < -0.3 is 18.9 Å². The van der Waals surface area contributed by atoms with Crippen molar-refractivity contribution >= 4 is 29.3 Å². The number of amides is 1. The number of carbonyl (C=O) groups excluding carboxylic acids is 1. The molecule has 184 valence electrons. The summed E-state index contributed by atoms with van der Waals surface area (Å²) in [4.78, 5) is 14.6. The van der Waals surface area contributed by atoms with E-state index in [9.17, 15) is 9.18 Å². The van der Waals surface area contributed by atoms with Crippen molar-refractivity contribution < 1.29 is 23.2 Å². The third kappa shape index (κ3) is 4.79. The minimum Gasteiger partial charge on any atom is -0.444 e. The molecule has 3 aliphatic rings. The molecule has 0 radical (unpaired) electrons. The number of hydrogen-bond acceptors (Lipinski definition) is 5. The molecule has 1 amide bonds. The first kappa shape index (κ1) is 23.9. The van der Waals surface area contributed by atoms with Gasteiger partial charge in [0.15, 0.2) is 0 Å². The quantitative estimate of drug-likeness (QED) is 0.428. The van der Waals surface area contributed by atoms with Gasteiger partial charge in [-0.15, -0.1) is 0 Å². The Morgan fingerprint density at radius 1 is 1.15 bits per heavy atom. The van der Waals surface area contributed by atoms with Crippen molar-refractivity contribution in [2.24, 2.45) is 0 Å². The molecule has 34 heavy (non-hydrogen) atoms. The number of benzene rings is 1. The van der Waals surface area contributed by atoms with Crippen LogP contribution in [0.25, 0.3) is 11.3 Å². The summed E-state index contributed by atoms with van der Waals surface area (Å²) in [6.07, 6.45) is 5.25. The number of carbonyl (C=O) groups is 1. The van der Waals surface area contributed by atoms with E-state index in [1.165, 1.54) is 12.1 Å². The number of hydrogen-bond donors (Lipinski definition) is 0. The molecule has 3 fully saturated rings. The summed E-state index contributed by atoms with van der Waals surface area (Å²) in [5.74, 6) is 0.596. The van der Waals surface area contributed by atoms with Crippen LogP contribution in [0.4, 0.5) is 9.18 Å². The molecule has 1 saturated carbocycles. The van der Waals surface area contributed by atoms with Crippen molar-refractivity contribution in [1.29, 1.82) is 0 Å². The van der Waals surface area contributed by atoms with Crippen LogP contribution >= 0.6 is 23.2 Å². The van der Waals surface area contributed by atoms with Gasteiger partial charge in [-0.2, -0.15) is 0 Å². The monoisotopic (exact) mass is 510 g/mol. The molecule has 2 aliphatic heterocycles. The number of piperidine rings is 1. The fourth-order valence-corrected chi connectivity index (χ4v) is 5.81. The van der Waals surface area contributed by atoms with E-state index in [1.54, 1.807) is 0 Å². The fourth-order valence-electron chi connectivity index (χ4n) is 5.17. The van der Waals surface area contributed by atoms with Crippen LogP contribution in [0.15, 0.2) is 16.7 Å². The fraction of sp³-hybridized carbons (Fsp3) is 0.600. The summed E-state index contributed by atoms with van der Waals surface area (Å²) in [6, 6.07) is 2.68. The third-order valence-electron chi connectivity index (χ3n) is 6.77. The van der Waals surface area contributed by atoms with Gasteiger partial charge in [0.25, 0.3) is 0 Å². The van der Waals surface area contributed by atoms with Crippen LogP contribution < -0.4 is 0 Å². The number of aromatic nitrogens is 1. The van der Waals surface area contributed by atoms with E-state index < -0.39 is 11.4 Å². The van der Waals surface area contributed by atoms with Gasteiger partial charge in [0, 0.05) is 29.1 Å². The Balaban J connectivity index is 1.32. The standard InChI is InChI=1S/C25H29Cl2FN2O4/c1-25(2,3)33-24(31)30-15-6-7-16(30)11-17(10-15)32-12-18-22(29-34-23(18)13-4-5-13)21-19(26)8-14(28)9-20(21)27/h8-9,13,15-17H,4-7,10-12H2,1-3H3. The number of rotatable bonds is 5. The van der Waals surface area contributed by atoms with Gasteiger partial charge in [0.1, 0.15) is 22.9 Å². The molecule has 2 bridgehead atoms. The first-order valence-corrected chi connectivity index (χ1v) is 12.6. The Morgan fingerprint density at radius 2 is 1.76 bits per heavy atom. The zero-order valence-electron chi connectivity index (χ0n) is 19.6. The number of halogens is 3. The molecule has 3 heterocycles. The summed E-state index contributed by atoms with van der Waals surface area (Å²) < 4.78 is 31.4. The molecular weight excluding hydrogens is 482 g/mol. The second-order valence-corrected chi connectivity index (χ2v) is 11.4. The van der Waals surface area contributed by atoms with Crippen LogP contribution in [0.5, 0.6) is 0 Å². The molecule has 9 heteroatoms. The lowest BCUT2D eigenvalue weighted by Gasteiger charge is -2.39. The molecular formula is C25H29Cl2FN2O4. The van der Waals surface area contributed by atoms with Crippen molar-refractivity contribution in [1.82, 2.24) is 10.1 Å². The van der Waals surface area contributed by atoms with Crippen molar-refractivity contribution in [3.05, 3.63) is 39.3 Å². The van der Waals surface area contributed by atoms with Gasteiger partial charge in [0.05, 0.1) is 22.8 Å². The topological polar surface area (TPSA) is 64.8 Å². The van der Waals surface area contributed by atoms with Crippen LogP contribution in [-0.4, -0.2) is 39.9 Å². The van der Waals surface area contributed by atoms with Crippen molar-refractivity contribution in [2.75, 3.05) is 0 Å². The van der Waals surface area contributed by atoms with Gasteiger partial charge in [-0.05, 0) is 71.4 Å². The number of nitrogens with zero attached hydrogens (tertiary/aromatic N) is 2. The molecule has 1 aliphatic carbocycles. The first-order valence-electron chi connectivity index (χ1n) is 11.9. The second kappa shape index (κ2) is 8.99. The zero-order chi connectivity index (χ0) is 24.2. The normalized spacial score (nSPS) is 24.5. The lowest BCUT2D eigenvalue weighted by molar-refractivity contribution is -0.0398. The van der Waals surface area contributed by atoms with E-state index in [4.69, 9.17) is 37.2 Å². The van der Waals surface area contributed by atoms with Gasteiger partial charge >= 0.3 is 6.09 Å². The molecule has 6 nitrogen and oxygen atoms in total. The summed E-state index contributed by atoms with van der Waals surface area (Å²) in [5, 5.41) is 4.63. The highest BCUT2D eigenvalue weighted by Crippen LogP contribution is 2.47. The van der Waals surface area contributed by atoms with Gasteiger partial charge in [0.2, 0.25) is 0 Å². The minimum absolute atomic E-state index is 0.00477. The van der Waals surface area contributed by atoms with Crippen molar-refractivity contribution in [2.45, 2.75) is 95.6 Å². The summed E-state index contributed by atoms with van der Waals surface area (Å²) in [7, 11) is 0. The smallest absolute Gasteiger partial charge is 0.410 e. The number of ether oxygens (including phenoxy) is 2. The van der Waals surface area contributed by atoms with Gasteiger partial charge in [-0.25, -0.2) is 9.18 Å². The molecule has 2 atom stereocenters. The summed E-state index contributed by atoms with van der Waals surface area (Å²) >= 11 is 12.7. The van der Waals surface area contributed by atoms with E-state index in [2.05, 4.69) is 5.16 Å². The Hall–Kier alpha value is -1.83. The highest BCUT2D eigenvalue weighted by molar-refractivity contribution is 6.39. The van der Waals surface area contributed by atoms with E-state index in [1.807, 2.05) is 25.7 Å². The first-order chi connectivity index (χ1) is 16.1. The van der Waals surface area contributed by atoms with Gasteiger partial charge in [-0.3, -0.25) is 0 Å². The summed E-state index contributed by atoms with van der Waals surface area (Å²) in [5.41, 5.74) is 1.26. The van der Waals surface area contributed by atoms with Gasteiger partial charge in [-0.1, -0.05) is 28.4 Å². The molecule has 0 spiro atoms. The minimum atomic E-state index is -0.517. The maximum absolute atomic E-state index is 13.7. The molecule has 5 rings (SSSR count). The largest absolute Gasteiger partial charge is 0.444 e. The highest BCUT2D eigenvalue weighted by Gasteiger charge is 2.45. The number of fused-ring (bicyclic) bond motifs is 2. The predicted octanol–water partition coefficient (Wildman–Crippen LogP) is 7.11.